The van der Waals surface area contributed by atoms with Gasteiger partial charge in [0.15, 0.2) is 5.82 Å². The number of nitrogens with one attached hydrogen (secondary N) is 2. The number of pyridine rings is 2. The first kappa shape index (κ1) is 20.5. The van der Waals surface area contributed by atoms with Gasteiger partial charge in [-0.2, -0.15) is 5.26 Å². The largest absolute Gasteiger partial charge is 0.353 e. The minimum absolute atomic E-state index is 0.566. The van der Waals surface area contributed by atoms with Crippen LogP contribution in [0.25, 0.3) is 22.3 Å². The zero-order chi connectivity index (χ0) is 22.9. The third-order valence-electron chi connectivity index (χ3n) is 6.36. The van der Waals surface area contributed by atoms with Gasteiger partial charge < -0.3 is 15.5 Å². The predicted molar refractivity (Wildman–Crippen MR) is 132 cm³/mol. The van der Waals surface area contributed by atoms with Gasteiger partial charge in [0.25, 0.3) is 0 Å². The van der Waals surface area contributed by atoms with Gasteiger partial charge >= 0.3 is 0 Å². The number of fused-ring (bicyclic) bond motifs is 1. The number of nitriles is 1. The molecule has 1 saturated heterocycles. The molecule has 34 heavy (non-hydrogen) atoms. The van der Waals surface area contributed by atoms with Crippen LogP contribution in [0.4, 0.5) is 17.3 Å². The average molecular weight is 449 g/mol. The highest BCUT2D eigenvalue weighted by atomic mass is 15.2. The molecular weight excluding hydrogens is 424 g/mol. The Kier molecular flexibility index (Phi) is 5.24. The first-order valence-corrected chi connectivity index (χ1v) is 11.6. The number of aromatic nitrogens is 4. The van der Waals surface area contributed by atoms with Gasteiger partial charge in [-0.3, -0.25) is 4.98 Å². The van der Waals surface area contributed by atoms with Gasteiger partial charge in [-0.1, -0.05) is 0 Å². The first-order chi connectivity index (χ1) is 16.8. The summed E-state index contributed by atoms with van der Waals surface area (Å²) in [4.78, 5) is 21.4. The summed E-state index contributed by atoms with van der Waals surface area (Å²) in [5, 5.41) is 16.9. The maximum absolute atomic E-state index is 9.02. The molecule has 2 fully saturated rings. The lowest BCUT2D eigenvalue weighted by Crippen LogP contribution is -2.44. The van der Waals surface area contributed by atoms with E-state index < -0.39 is 0 Å². The van der Waals surface area contributed by atoms with E-state index in [1.165, 1.54) is 18.4 Å². The van der Waals surface area contributed by atoms with Gasteiger partial charge in [0.1, 0.15) is 11.6 Å². The van der Waals surface area contributed by atoms with Gasteiger partial charge in [0.2, 0.25) is 0 Å². The van der Waals surface area contributed by atoms with Gasteiger partial charge in [-0.15, -0.1) is 0 Å². The highest BCUT2D eigenvalue weighted by Gasteiger charge is 2.29. The lowest BCUT2D eigenvalue weighted by atomic mass is 10.1. The van der Waals surface area contributed by atoms with Crippen LogP contribution in [0.3, 0.4) is 0 Å². The van der Waals surface area contributed by atoms with Crippen LogP contribution in [0.5, 0.6) is 0 Å². The second kappa shape index (κ2) is 8.69. The molecule has 4 heterocycles. The number of rotatable bonds is 5. The fraction of sp³-hybridized carbons (Fsp3) is 0.269. The van der Waals surface area contributed by atoms with Crippen LogP contribution in [-0.4, -0.2) is 46.1 Å². The highest BCUT2D eigenvalue weighted by molar-refractivity contribution is 5.94. The molecule has 0 radical (unpaired) electrons. The van der Waals surface area contributed by atoms with Crippen LogP contribution >= 0.6 is 0 Å². The smallest absolute Gasteiger partial charge is 0.162 e. The maximum atomic E-state index is 9.02. The number of benzene rings is 1. The molecule has 0 bridgehead atoms. The average Bonchev–Trinajstić information content (AvgIpc) is 3.74. The van der Waals surface area contributed by atoms with Gasteiger partial charge in [-0.25, -0.2) is 15.0 Å². The minimum Gasteiger partial charge on any atom is -0.353 e. The normalized spacial score (nSPS) is 15.8. The molecule has 1 saturated carbocycles. The van der Waals surface area contributed by atoms with Crippen LogP contribution in [0.15, 0.2) is 55.0 Å². The van der Waals surface area contributed by atoms with E-state index in [1.54, 1.807) is 18.3 Å². The fourth-order valence-corrected chi connectivity index (χ4v) is 4.44. The van der Waals surface area contributed by atoms with Gasteiger partial charge in [0.05, 0.1) is 23.3 Å². The Morgan fingerprint density at radius 2 is 1.85 bits per heavy atom. The second-order valence-corrected chi connectivity index (χ2v) is 8.75. The molecule has 8 nitrogen and oxygen atoms in total. The number of nitrogens with zero attached hydrogens (tertiary/aromatic N) is 6. The third-order valence-corrected chi connectivity index (χ3v) is 6.36. The summed E-state index contributed by atoms with van der Waals surface area (Å²) >= 11 is 0. The number of hydrogen-bond acceptors (Lipinski definition) is 8. The number of anilines is 3. The third kappa shape index (κ3) is 4.02. The molecule has 0 unspecified atom stereocenters. The molecule has 2 aliphatic rings. The van der Waals surface area contributed by atoms with Gasteiger partial charge in [-0.05, 0) is 60.7 Å². The van der Waals surface area contributed by atoms with E-state index >= 15 is 0 Å². The molecule has 0 atom stereocenters. The Morgan fingerprint density at radius 3 is 2.62 bits per heavy atom. The first-order valence-electron chi connectivity index (χ1n) is 11.6. The van der Waals surface area contributed by atoms with Crippen molar-refractivity contribution in [2.75, 3.05) is 36.4 Å². The Labute approximate surface area is 197 Å². The van der Waals surface area contributed by atoms with Crippen molar-refractivity contribution >= 4 is 28.2 Å². The molecule has 2 N–H and O–H groups in total. The molecular formula is C26H24N8. The van der Waals surface area contributed by atoms with Crippen molar-refractivity contribution in [3.8, 4) is 17.5 Å². The van der Waals surface area contributed by atoms with Crippen LogP contribution in [0.1, 0.15) is 29.9 Å². The summed E-state index contributed by atoms with van der Waals surface area (Å²) in [5.74, 6) is 2.93. The maximum Gasteiger partial charge on any atom is 0.162 e. The summed E-state index contributed by atoms with van der Waals surface area (Å²) < 4.78 is 0. The zero-order valence-corrected chi connectivity index (χ0v) is 18.7. The molecule has 0 amide bonds. The Hall–Kier alpha value is -4.09. The minimum atomic E-state index is 0.566. The molecule has 168 valence electrons. The van der Waals surface area contributed by atoms with Crippen LogP contribution in [-0.2, 0) is 0 Å². The van der Waals surface area contributed by atoms with Crippen molar-refractivity contribution in [1.82, 2.24) is 25.3 Å². The summed E-state index contributed by atoms with van der Waals surface area (Å²) in [7, 11) is 0. The summed E-state index contributed by atoms with van der Waals surface area (Å²) in [5.41, 5.74) is 4.54. The van der Waals surface area contributed by atoms with Crippen LogP contribution in [0, 0.1) is 11.3 Å². The topological polar surface area (TPSA) is 103 Å². The van der Waals surface area contributed by atoms with E-state index in [-0.39, 0.29) is 0 Å². The SMILES string of the molecule is N#Cc1ccc(Nc2cc(-c3nc(N4CCNCC4)c4c(C5CC5)cncc4n3)ccn2)cc1. The van der Waals surface area contributed by atoms with Crippen molar-refractivity contribution < 1.29 is 0 Å². The molecule has 1 aliphatic carbocycles. The molecule has 4 aromatic rings. The molecule has 8 heteroatoms. The Balaban J connectivity index is 1.41. The molecule has 1 aliphatic heterocycles. The lowest BCUT2D eigenvalue weighted by Gasteiger charge is -2.30. The van der Waals surface area contributed by atoms with E-state index in [0.29, 0.717) is 23.1 Å². The van der Waals surface area contributed by atoms with Crippen molar-refractivity contribution in [2.24, 2.45) is 0 Å². The van der Waals surface area contributed by atoms with Crippen molar-refractivity contribution in [3.05, 3.63) is 66.1 Å². The standard InChI is InChI=1S/C26H24N8/c27-14-17-1-5-20(6-2-17)31-23-13-19(7-8-30-23)25-32-22-16-29-15-21(18-3-4-18)24(22)26(33-25)34-11-9-28-10-12-34/h1-2,5-8,13,15-16,18,28H,3-4,9-12H2,(H,30,31). The van der Waals surface area contributed by atoms with Crippen molar-refractivity contribution in [3.63, 3.8) is 0 Å². The molecule has 0 spiro atoms. The van der Waals surface area contributed by atoms with E-state index in [1.807, 2.05) is 36.7 Å². The van der Waals surface area contributed by atoms with E-state index in [2.05, 4.69) is 31.6 Å². The van der Waals surface area contributed by atoms with Crippen molar-refractivity contribution in [1.29, 1.82) is 5.26 Å². The van der Waals surface area contributed by atoms with Crippen LogP contribution < -0.4 is 15.5 Å². The highest BCUT2D eigenvalue weighted by Crippen LogP contribution is 2.44. The van der Waals surface area contributed by atoms with Crippen molar-refractivity contribution in [2.45, 2.75) is 18.8 Å². The zero-order valence-electron chi connectivity index (χ0n) is 18.7. The Morgan fingerprint density at radius 1 is 1.03 bits per heavy atom. The molecule has 1 aromatic carbocycles. The second-order valence-electron chi connectivity index (χ2n) is 8.75. The number of piperazine rings is 1. The van der Waals surface area contributed by atoms with Gasteiger partial charge in [0, 0.05) is 55.2 Å². The monoisotopic (exact) mass is 448 g/mol. The summed E-state index contributed by atoms with van der Waals surface area (Å²) in [6.07, 6.45) is 8.03. The molecule has 6 rings (SSSR count). The fourth-order valence-electron chi connectivity index (χ4n) is 4.44. The summed E-state index contributed by atoms with van der Waals surface area (Å²) in [6.45, 7) is 3.72. The quantitative estimate of drug-likeness (QED) is 0.472. The van der Waals surface area contributed by atoms with E-state index in [0.717, 1.165) is 54.2 Å². The predicted octanol–water partition coefficient (Wildman–Crippen LogP) is 3.99. The lowest BCUT2D eigenvalue weighted by molar-refractivity contribution is 0.586. The van der Waals surface area contributed by atoms with E-state index in [9.17, 15) is 0 Å². The number of hydrogen-bond donors (Lipinski definition) is 2. The van der Waals surface area contributed by atoms with Crippen LogP contribution in [0.2, 0.25) is 0 Å². The molecule has 3 aromatic heterocycles. The summed E-state index contributed by atoms with van der Waals surface area (Å²) in [6, 6.07) is 13.3. The Bertz CT molecular complexity index is 1380. The van der Waals surface area contributed by atoms with E-state index in [4.69, 9.17) is 15.2 Å².